The quantitative estimate of drug-likeness (QED) is 0.719. The van der Waals surface area contributed by atoms with Gasteiger partial charge >= 0.3 is 5.97 Å². The number of methoxy groups -OCH3 is 1. The maximum absolute atomic E-state index is 11.5. The average molecular weight is 270 g/mol. The lowest BCUT2D eigenvalue weighted by Gasteiger charge is -2.00. The Labute approximate surface area is 113 Å². The predicted molar refractivity (Wildman–Crippen MR) is 70.2 cm³/mol. The molecular formula is C14H10N2O4. The Morgan fingerprint density at radius 1 is 1.30 bits per heavy atom. The zero-order chi connectivity index (χ0) is 14.1. The van der Waals surface area contributed by atoms with Gasteiger partial charge in [0.15, 0.2) is 22.5 Å². The number of ether oxygens (including phenoxy) is 1. The van der Waals surface area contributed by atoms with Crippen molar-refractivity contribution in [3.63, 3.8) is 0 Å². The first-order valence-electron chi connectivity index (χ1n) is 5.83. The van der Waals surface area contributed by atoms with Gasteiger partial charge in [-0.05, 0) is 12.1 Å². The summed E-state index contributed by atoms with van der Waals surface area (Å²) in [5, 5.41) is 10.0. The molecule has 100 valence electrons. The van der Waals surface area contributed by atoms with Crippen LogP contribution in [0.4, 0.5) is 0 Å². The van der Waals surface area contributed by atoms with Crippen molar-refractivity contribution in [2.75, 3.05) is 7.11 Å². The highest BCUT2D eigenvalue weighted by atomic mass is 16.5. The maximum Gasteiger partial charge on any atom is 0.360 e. The maximum atomic E-state index is 11.5. The van der Waals surface area contributed by atoms with Crippen LogP contribution >= 0.6 is 0 Å². The Morgan fingerprint density at radius 2 is 2.05 bits per heavy atom. The number of pyridine rings is 1. The van der Waals surface area contributed by atoms with E-state index in [1.807, 2.05) is 30.3 Å². The Kier molecular flexibility index (Phi) is 2.83. The van der Waals surface area contributed by atoms with E-state index in [4.69, 9.17) is 4.42 Å². The van der Waals surface area contributed by atoms with Crippen LogP contribution in [0.15, 0.2) is 40.9 Å². The van der Waals surface area contributed by atoms with E-state index in [-0.39, 0.29) is 17.0 Å². The summed E-state index contributed by atoms with van der Waals surface area (Å²) in [6, 6.07) is 9.23. The SMILES string of the molecule is COC(=O)c1ncc2oc(-c3ccccc3)nc2c1O. The topological polar surface area (TPSA) is 85.5 Å². The van der Waals surface area contributed by atoms with Gasteiger partial charge in [0.2, 0.25) is 5.89 Å². The van der Waals surface area contributed by atoms with Gasteiger partial charge in [0, 0.05) is 5.56 Å². The van der Waals surface area contributed by atoms with Crippen LogP contribution in [0.25, 0.3) is 22.6 Å². The lowest BCUT2D eigenvalue weighted by atomic mass is 10.2. The number of aromatic nitrogens is 2. The van der Waals surface area contributed by atoms with Gasteiger partial charge in [-0.3, -0.25) is 0 Å². The molecule has 0 aliphatic carbocycles. The Bertz CT molecular complexity index is 780. The number of rotatable bonds is 2. The Morgan fingerprint density at radius 3 is 2.75 bits per heavy atom. The second kappa shape index (κ2) is 4.65. The largest absolute Gasteiger partial charge is 0.504 e. The molecule has 20 heavy (non-hydrogen) atoms. The summed E-state index contributed by atoms with van der Waals surface area (Å²) in [4.78, 5) is 19.5. The van der Waals surface area contributed by atoms with Crippen molar-refractivity contribution >= 4 is 17.1 Å². The van der Waals surface area contributed by atoms with Crippen molar-refractivity contribution in [2.24, 2.45) is 0 Å². The van der Waals surface area contributed by atoms with Gasteiger partial charge in [-0.25, -0.2) is 14.8 Å². The second-order valence-corrected chi connectivity index (χ2v) is 4.04. The first-order valence-corrected chi connectivity index (χ1v) is 5.83. The minimum atomic E-state index is -0.728. The molecule has 1 N–H and O–H groups in total. The first kappa shape index (κ1) is 12.2. The highest BCUT2D eigenvalue weighted by molar-refractivity contribution is 5.96. The number of carbonyl (C=O) groups excluding carboxylic acids is 1. The third-order valence-electron chi connectivity index (χ3n) is 2.81. The van der Waals surface area contributed by atoms with Gasteiger partial charge in [-0.1, -0.05) is 18.2 Å². The Balaban J connectivity index is 2.17. The fourth-order valence-corrected chi connectivity index (χ4v) is 1.84. The predicted octanol–water partition coefficient (Wildman–Crippen LogP) is 2.38. The van der Waals surface area contributed by atoms with Gasteiger partial charge in [0.05, 0.1) is 13.3 Å². The smallest absolute Gasteiger partial charge is 0.360 e. The van der Waals surface area contributed by atoms with Crippen molar-refractivity contribution in [3.8, 4) is 17.2 Å². The third-order valence-corrected chi connectivity index (χ3v) is 2.81. The van der Waals surface area contributed by atoms with Crippen LogP contribution in [-0.4, -0.2) is 28.2 Å². The van der Waals surface area contributed by atoms with Crippen LogP contribution in [0.5, 0.6) is 5.75 Å². The summed E-state index contributed by atoms with van der Waals surface area (Å²) in [6.07, 6.45) is 1.33. The molecular weight excluding hydrogens is 260 g/mol. The van der Waals surface area contributed by atoms with Crippen LogP contribution in [-0.2, 0) is 4.74 Å². The number of esters is 1. The minimum Gasteiger partial charge on any atom is -0.504 e. The van der Waals surface area contributed by atoms with E-state index in [1.165, 1.54) is 13.3 Å². The van der Waals surface area contributed by atoms with Gasteiger partial charge in [0.1, 0.15) is 0 Å². The van der Waals surface area contributed by atoms with E-state index in [0.29, 0.717) is 11.5 Å². The fraction of sp³-hybridized carbons (Fsp3) is 0.0714. The molecule has 1 aromatic carbocycles. The van der Waals surface area contributed by atoms with E-state index < -0.39 is 5.97 Å². The zero-order valence-corrected chi connectivity index (χ0v) is 10.5. The summed E-state index contributed by atoms with van der Waals surface area (Å²) < 4.78 is 10.1. The molecule has 3 rings (SSSR count). The molecule has 0 fully saturated rings. The molecule has 0 unspecified atom stereocenters. The number of nitrogens with zero attached hydrogens (tertiary/aromatic N) is 2. The molecule has 0 aliphatic rings. The highest BCUT2D eigenvalue weighted by Gasteiger charge is 2.20. The minimum absolute atomic E-state index is 0.180. The van der Waals surface area contributed by atoms with Crippen LogP contribution in [0.3, 0.4) is 0 Å². The number of oxazole rings is 1. The Hall–Kier alpha value is -2.89. The molecule has 0 spiro atoms. The first-order chi connectivity index (χ1) is 9.70. The molecule has 3 aromatic rings. The van der Waals surface area contributed by atoms with Gasteiger partial charge in [-0.2, -0.15) is 0 Å². The summed E-state index contributed by atoms with van der Waals surface area (Å²) in [5.41, 5.74) is 1.06. The van der Waals surface area contributed by atoms with Gasteiger partial charge in [-0.15, -0.1) is 0 Å². The van der Waals surface area contributed by atoms with Gasteiger partial charge < -0.3 is 14.3 Å². The standard InChI is InChI=1S/C14H10N2O4/c1-19-14(18)11-12(17)10-9(7-15-11)20-13(16-10)8-5-3-2-4-6-8/h2-7,17H,1H3. The molecule has 0 amide bonds. The number of hydrogen-bond acceptors (Lipinski definition) is 6. The van der Waals surface area contributed by atoms with Crippen LogP contribution < -0.4 is 0 Å². The molecule has 0 aliphatic heterocycles. The van der Waals surface area contributed by atoms with E-state index in [2.05, 4.69) is 14.7 Å². The van der Waals surface area contributed by atoms with Crippen LogP contribution in [0, 0.1) is 0 Å². The van der Waals surface area contributed by atoms with Crippen LogP contribution in [0.2, 0.25) is 0 Å². The molecule has 6 heteroatoms. The van der Waals surface area contributed by atoms with E-state index in [1.54, 1.807) is 0 Å². The number of aromatic hydroxyl groups is 1. The number of hydrogen-bond donors (Lipinski definition) is 1. The molecule has 0 radical (unpaired) electrons. The fourth-order valence-electron chi connectivity index (χ4n) is 1.84. The monoisotopic (exact) mass is 270 g/mol. The molecule has 0 saturated heterocycles. The molecule has 0 bridgehead atoms. The van der Waals surface area contributed by atoms with Crippen molar-refractivity contribution in [3.05, 3.63) is 42.2 Å². The lowest BCUT2D eigenvalue weighted by molar-refractivity contribution is 0.0591. The zero-order valence-electron chi connectivity index (χ0n) is 10.5. The third kappa shape index (κ3) is 1.87. The van der Waals surface area contributed by atoms with E-state index in [9.17, 15) is 9.90 Å². The molecule has 0 saturated carbocycles. The normalized spacial score (nSPS) is 10.7. The summed E-state index contributed by atoms with van der Waals surface area (Å²) in [6.45, 7) is 0. The molecule has 6 nitrogen and oxygen atoms in total. The summed E-state index contributed by atoms with van der Waals surface area (Å²) in [5.74, 6) is -0.728. The molecule has 2 heterocycles. The number of fused-ring (bicyclic) bond motifs is 1. The second-order valence-electron chi connectivity index (χ2n) is 4.04. The lowest BCUT2D eigenvalue weighted by Crippen LogP contribution is -2.04. The van der Waals surface area contributed by atoms with Gasteiger partial charge in [0.25, 0.3) is 0 Å². The van der Waals surface area contributed by atoms with Crippen molar-refractivity contribution in [1.82, 2.24) is 9.97 Å². The number of benzene rings is 1. The molecule has 0 atom stereocenters. The van der Waals surface area contributed by atoms with Crippen LogP contribution in [0.1, 0.15) is 10.5 Å². The highest BCUT2D eigenvalue weighted by Crippen LogP contribution is 2.30. The average Bonchev–Trinajstić information content (AvgIpc) is 2.93. The van der Waals surface area contributed by atoms with Crippen molar-refractivity contribution in [2.45, 2.75) is 0 Å². The van der Waals surface area contributed by atoms with E-state index in [0.717, 1.165) is 5.56 Å². The summed E-state index contributed by atoms with van der Waals surface area (Å²) in [7, 11) is 1.21. The van der Waals surface area contributed by atoms with Crippen molar-refractivity contribution in [1.29, 1.82) is 0 Å². The van der Waals surface area contributed by atoms with E-state index >= 15 is 0 Å². The summed E-state index contributed by atoms with van der Waals surface area (Å²) >= 11 is 0. The number of carbonyl (C=O) groups is 1. The molecule has 2 aromatic heterocycles. The van der Waals surface area contributed by atoms with Crippen molar-refractivity contribution < 1.29 is 19.1 Å².